The Balaban J connectivity index is 1.65. The SMILES string of the molecule is CCCC(=O)NCCCc1nc2ccccc2n1CCOc1cc(C)c(Cl)c(C)c1. The summed E-state index contributed by atoms with van der Waals surface area (Å²) in [4.78, 5) is 16.5. The molecule has 0 bridgehead atoms. The number of amides is 1. The van der Waals surface area contributed by atoms with Crippen molar-refractivity contribution in [3.63, 3.8) is 0 Å². The number of carbonyl (C=O) groups excluding carboxylic acids is 1. The highest BCUT2D eigenvalue weighted by atomic mass is 35.5. The van der Waals surface area contributed by atoms with E-state index in [0.717, 1.165) is 58.0 Å². The first-order valence-electron chi connectivity index (χ1n) is 10.6. The Kier molecular flexibility index (Phi) is 7.75. The van der Waals surface area contributed by atoms with Gasteiger partial charge in [0, 0.05) is 24.4 Å². The van der Waals surface area contributed by atoms with E-state index in [1.54, 1.807) is 0 Å². The van der Waals surface area contributed by atoms with Crippen molar-refractivity contribution in [1.82, 2.24) is 14.9 Å². The summed E-state index contributed by atoms with van der Waals surface area (Å²) in [5, 5.41) is 3.76. The van der Waals surface area contributed by atoms with Crippen molar-refractivity contribution in [3.8, 4) is 5.75 Å². The quantitative estimate of drug-likeness (QED) is 0.450. The number of nitrogens with zero attached hydrogens (tertiary/aromatic N) is 2. The Morgan fingerprint density at radius 2 is 1.93 bits per heavy atom. The van der Waals surface area contributed by atoms with Gasteiger partial charge >= 0.3 is 0 Å². The lowest BCUT2D eigenvalue weighted by atomic mass is 10.1. The van der Waals surface area contributed by atoms with E-state index in [1.807, 2.05) is 51.1 Å². The second kappa shape index (κ2) is 10.5. The van der Waals surface area contributed by atoms with Gasteiger partial charge in [-0.15, -0.1) is 0 Å². The molecule has 5 nitrogen and oxygen atoms in total. The molecule has 0 unspecified atom stereocenters. The van der Waals surface area contributed by atoms with Crippen LogP contribution in [-0.2, 0) is 17.8 Å². The van der Waals surface area contributed by atoms with Gasteiger partial charge in [0.15, 0.2) is 0 Å². The van der Waals surface area contributed by atoms with E-state index in [9.17, 15) is 4.79 Å². The van der Waals surface area contributed by atoms with E-state index < -0.39 is 0 Å². The van der Waals surface area contributed by atoms with E-state index in [-0.39, 0.29) is 5.91 Å². The highest BCUT2D eigenvalue weighted by molar-refractivity contribution is 6.32. The van der Waals surface area contributed by atoms with Crippen LogP contribution in [0.15, 0.2) is 36.4 Å². The lowest BCUT2D eigenvalue weighted by molar-refractivity contribution is -0.121. The maximum atomic E-state index is 11.7. The average molecular weight is 428 g/mol. The zero-order valence-corrected chi connectivity index (χ0v) is 18.8. The van der Waals surface area contributed by atoms with Crippen LogP contribution < -0.4 is 10.1 Å². The van der Waals surface area contributed by atoms with Gasteiger partial charge in [-0.3, -0.25) is 4.79 Å². The standard InChI is InChI=1S/C24H30ClN3O2/c1-4-8-23(29)26-12-7-11-22-27-20-9-5-6-10-21(20)28(22)13-14-30-19-15-17(2)24(25)18(3)16-19/h5-6,9-10,15-16H,4,7-8,11-14H2,1-3H3,(H,26,29). The van der Waals surface area contributed by atoms with Gasteiger partial charge in [0.05, 0.1) is 17.6 Å². The number of imidazole rings is 1. The van der Waals surface area contributed by atoms with E-state index in [1.165, 1.54) is 0 Å². The summed E-state index contributed by atoms with van der Waals surface area (Å²) >= 11 is 6.25. The van der Waals surface area contributed by atoms with E-state index in [0.29, 0.717) is 26.1 Å². The third-order valence-corrected chi connectivity index (χ3v) is 5.70. The van der Waals surface area contributed by atoms with Crippen molar-refractivity contribution in [2.75, 3.05) is 13.2 Å². The molecule has 1 N–H and O–H groups in total. The number of hydrogen-bond donors (Lipinski definition) is 1. The molecule has 0 atom stereocenters. The second-order valence-corrected chi connectivity index (χ2v) is 7.97. The normalized spacial score (nSPS) is 11.1. The maximum absolute atomic E-state index is 11.7. The van der Waals surface area contributed by atoms with Gasteiger partial charge in [-0.1, -0.05) is 30.7 Å². The number of aryl methyl sites for hydroxylation is 3. The Morgan fingerprint density at radius 1 is 1.20 bits per heavy atom. The topological polar surface area (TPSA) is 56.2 Å². The minimum Gasteiger partial charge on any atom is -0.492 e. The molecule has 0 aliphatic rings. The van der Waals surface area contributed by atoms with Crippen LogP contribution in [0.2, 0.25) is 5.02 Å². The van der Waals surface area contributed by atoms with Crippen LogP contribution in [0.4, 0.5) is 0 Å². The molecular formula is C24H30ClN3O2. The minimum atomic E-state index is 0.118. The van der Waals surface area contributed by atoms with Crippen LogP contribution in [0.3, 0.4) is 0 Å². The smallest absolute Gasteiger partial charge is 0.219 e. The molecule has 2 aromatic carbocycles. The van der Waals surface area contributed by atoms with Crippen molar-refractivity contribution in [2.24, 2.45) is 0 Å². The second-order valence-electron chi connectivity index (χ2n) is 7.59. The van der Waals surface area contributed by atoms with E-state index in [4.69, 9.17) is 21.3 Å². The summed E-state index contributed by atoms with van der Waals surface area (Å²) in [6.45, 7) is 7.91. The first kappa shape index (κ1) is 22.2. The summed E-state index contributed by atoms with van der Waals surface area (Å²) in [5.41, 5.74) is 4.13. The molecule has 6 heteroatoms. The largest absolute Gasteiger partial charge is 0.492 e. The van der Waals surface area contributed by atoms with Crippen LogP contribution in [0.5, 0.6) is 5.75 Å². The molecule has 1 amide bonds. The predicted octanol–water partition coefficient (Wildman–Crippen LogP) is 5.23. The van der Waals surface area contributed by atoms with Gasteiger partial charge in [0.25, 0.3) is 0 Å². The number of halogens is 1. The lowest BCUT2D eigenvalue weighted by Crippen LogP contribution is -2.24. The van der Waals surface area contributed by atoms with Crippen LogP contribution >= 0.6 is 11.6 Å². The Labute approximate surface area is 183 Å². The third kappa shape index (κ3) is 5.54. The molecule has 1 aromatic heterocycles. The summed E-state index contributed by atoms with van der Waals surface area (Å²) in [6, 6.07) is 12.1. The fourth-order valence-electron chi connectivity index (χ4n) is 3.60. The van der Waals surface area contributed by atoms with Gasteiger partial charge in [0.2, 0.25) is 5.91 Å². The fraction of sp³-hybridized carbons (Fsp3) is 0.417. The molecule has 0 radical (unpaired) electrons. The van der Waals surface area contributed by atoms with Crippen molar-refractivity contribution in [1.29, 1.82) is 0 Å². The maximum Gasteiger partial charge on any atom is 0.219 e. The van der Waals surface area contributed by atoms with E-state index >= 15 is 0 Å². The molecule has 0 aliphatic carbocycles. The molecule has 1 heterocycles. The summed E-state index contributed by atoms with van der Waals surface area (Å²) in [6.07, 6.45) is 3.11. The van der Waals surface area contributed by atoms with Gasteiger partial charge in [0.1, 0.15) is 18.2 Å². The van der Waals surface area contributed by atoms with Crippen LogP contribution in [0, 0.1) is 13.8 Å². The summed E-state index contributed by atoms with van der Waals surface area (Å²) in [7, 11) is 0. The Hall–Kier alpha value is -2.53. The van der Waals surface area contributed by atoms with Crippen molar-refractivity contribution in [3.05, 3.63) is 58.4 Å². The summed E-state index contributed by atoms with van der Waals surface area (Å²) < 4.78 is 8.24. The predicted molar refractivity (Wildman–Crippen MR) is 122 cm³/mol. The molecule has 0 saturated carbocycles. The van der Waals surface area contributed by atoms with E-state index in [2.05, 4.69) is 16.0 Å². The highest BCUT2D eigenvalue weighted by Gasteiger charge is 2.11. The number of rotatable bonds is 10. The molecule has 0 fully saturated rings. The van der Waals surface area contributed by atoms with Crippen molar-refractivity contribution in [2.45, 2.75) is 53.0 Å². The molecule has 3 aromatic rings. The van der Waals surface area contributed by atoms with Crippen molar-refractivity contribution >= 4 is 28.5 Å². The fourth-order valence-corrected chi connectivity index (χ4v) is 3.71. The minimum absolute atomic E-state index is 0.118. The molecular weight excluding hydrogens is 398 g/mol. The van der Waals surface area contributed by atoms with Gasteiger partial charge < -0.3 is 14.6 Å². The zero-order chi connectivity index (χ0) is 21.5. The Bertz CT molecular complexity index is 990. The Morgan fingerprint density at radius 3 is 2.67 bits per heavy atom. The zero-order valence-electron chi connectivity index (χ0n) is 18.0. The number of ether oxygens (including phenoxy) is 1. The first-order chi connectivity index (χ1) is 14.5. The van der Waals surface area contributed by atoms with Gasteiger partial charge in [-0.05, 0) is 62.1 Å². The third-order valence-electron chi connectivity index (χ3n) is 5.10. The average Bonchev–Trinajstić information content (AvgIpc) is 3.07. The number of carbonyl (C=O) groups is 1. The van der Waals surface area contributed by atoms with Gasteiger partial charge in [-0.2, -0.15) is 0 Å². The van der Waals surface area contributed by atoms with Crippen LogP contribution in [-0.4, -0.2) is 28.6 Å². The number of hydrogen-bond acceptors (Lipinski definition) is 3. The monoisotopic (exact) mass is 427 g/mol. The molecule has 0 aliphatic heterocycles. The number of fused-ring (bicyclic) bond motifs is 1. The molecule has 0 saturated heterocycles. The summed E-state index contributed by atoms with van der Waals surface area (Å²) in [5.74, 6) is 1.97. The van der Waals surface area contributed by atoms with Gasteiger partial charge in [-0.25, -0.2) is 4.98 Å². The number of para-hydroxylation sites is 2. The first-order valence-corrected chi connectivity index (χ1v) is 11.0. The molecule has 160 valence electrons. The van der Waals surface area contributed by atoms with Crippen LogP contribution in [0.25, 0.3) is 11.0 Å². The number of aromatic nitrogens is 2. The lowest BCUT2D eigenvalue weighted by Gasteiger charge is -2.13. The number of benzene rings is 2. The molecule has 30 heavy (non-hydrogen) atoms. The molecule has 3 rings (SSSR count). The van der Waals surface area contributed by atoms with Crippen molar-refractivity contribution < 1.29 is 9.53 Å². The molecule has 0 spiro atoms. The van der Waals surface area contributed by atoms with Crippen LogP contribution in [0.1, 0.15) is 43.1 Å². The number of nitrogens with one attached hydrogen (secondary N) is 1. The highest BCUT2D eigenvalue weighted by Crippen LogP contribution is 2.26.